The van der Waals surface area contributed by atoms with Gasteiger partial charge in [-0.25, -0.2) is 4.98 Å². The molecule has 2 aromatic rings. The van der Waals surface area contributed by atoms with Gasteiger partial charge in [0.15, 0.2) is 5.72 Å². The quantitative estimate of drug-likeness (QED) is 0.823. The van der Waals surface area contributed by atoms with Crippen molar-refractivity contribution in [2.75, 3.05) is 12.8 Å². The summed E-state index contributed by atoms with van der Waals surface area (Å²) in [7, 11) is 1.44. The van der Waals surface area contributed by atoms with E-state index in [1.54, 1.807) is 24.3 Å². The van der Waals surface area contributed by atoms with Gasteiger partial charge in [-0.1, -0.05) is 41.9 Å². The third-order valence-corrected chi connectivity index (χ3v) is 3.92. The number of hydrogen-bond acceptors (Lipinski definition) is 5. The van der Waals surface area contributed by atoms with Gasteiger partial charge in [-0.3, -0.25) is 4.79 Å². The molecule has 2 heterocycles. The van der Waals surface area contributed by atoms with Gasteiger partial charge in [0.1, 0.15) is 17.0 Å². The van der Waals surface area contributed by atoms with Gasteiger partial charge in [0.25, 0.3) is 5.91 Å². The molecule has 0 saturated heterocycles. The molecule has 3 N–H and O–H groups in total. The van der Waals surface area contributed by atoms with Crippen LogP contribution in [0.3, 0.4) is 0 Å². The Balaban J connectivity index is 2.42. The van der Waals surface area contributed by atoms with E-state index in [1.165, 1.54) is 7.11 Å². The molecular weight excluding hydrogens is 304 g/mol. The molecule has 0 aliphatic carbocycles. The minimum atomic E-state index is -1.32. The number of carbonyl (C=O) groups is 1. The predicted molar refractivity (Wildman–Crippen MR) is 80.1 cm³/mol. The monoisotopic (exact) mass is 314 g/mol. The maximum Gasteiger partial charge on any atom is 0.258 e. The summed E-state index contributed by atoms with van der Waals surface area (Å²) in [4.78, 5) is 16.2. The van der Waals surface area contributed by atoms with E-state index in [9.17, 15) is 10.1 Å². The minimum absolute atomic E-state index is 0.0358. The largest absolute Gasteiger partial charge is 0.383 e. The molecule has 1 aromatic heterocycles. The number of hydrogen-bond donors (Lipinski definition) is 2. The number of aromatic nitrogens is 1. The fourth-order valence-corrected chi connectivity index (χ4v) is 2.93. The van der Waals surface area contributed by atoms with Crippen LogP contribution in [0.1, 0.15) is 27.0 Å². The van der Waals surface area contributed by atoms with Gasteiger partial charge >= 0.3 is 0 Å². The Labute approximate surface area is 131 Å². The average molecular weight is 315 g/mol. The molecule has 7 heteroatoms. The van der Waals surface area contributed by atoms with Crippen LogP contribution in [-0.2, 0) is 10.5 Å². The highest BCUT2D eigenvalue weighted by molar-refractivity contribution is 6.31. The highest BCUT2D eigenvalue weighted by Gasteiger charge is 2.49. The second kappa shape index (κ2) is 4.98. The summed E-state index contributed by atoms with van der Waals surface area (Å²) >= 11 is 6.02. The number of nitrogens with two attached hydrogens (primary N) is 1. The smallest absolute Gasteiger partial charge is 0.258 e. The van der Waals surface area contributed by atoms with Crippen molar-refractivity contribution in [3.8, 4) is 6.07 Å². The van der Waals surface area contributed by atoms with E-state index in [-0.39, 0.29) is 22.1 Å². The summed E-state index contributed by atoms with van der Waals surface area (Å²) in [5, 5.41) is 12.1. The molecule has 0 fully saturated rings. The van der Waals surface area contributed by atoms with E-state index < -0.39 is 11.6 Å². The topological polar surface area (TPSA) is 101 Å². The third kappa shape index (κ3) is 1.77. The number of amides is 1. The number of ether oxygens (including phenoxy) is 1. The molecule has 1 aliphatic rings. The molecule has 1 aromatic carbocycles. The van der Waals surface area contributed by atoms with Gasteiger partial charge in [0.2, 0.25) is 0 Å². The fraction of sp³-hybridized carbons (Fsp3) is 0.133. The lowest BCUT2D eigenvalue weighted by Gasteiger charge is -2.29. The van der Waals surface area contributed by atoms with Crippen LogP contribution in [0.15, 0.2) is 30.3 Å². The summed E-state index contributed by atoms with van der Waals surface area (Å²) in [6, 6.07) is 11.0. The van der Waals surface area contributed by atoms with Crippen molar-refractivity contribution in [3.05, 3.63) is 57.7 Å². The van der Waals surface area contributed by atoms with Gasteiger partial charge in [-0.05, 0) is 0 Å². The van der Waals surface area contributed by atoms with Crippen molar-refractivity contribution in [1.29, 1.82) is 5.26 Å². The Morgan fingerprint density at radius 2 is 2.09 bits per heavy atom. The third-order valence-electron chi connectivity index (χ3n) is 3.65. The van der Waals surface area contributed by atoms with Gasteiger partial charge in [-0.2, -0.15) is 5.26 Å². The number of halogens is 1. The molecule has 1 unspecified atom stereocenters. The van der Waals surface area contributed by atoms with E-state index in [2.05, 4.69) is 10.3 Å². The number of nitrogens with one attached hydrogen (secondary N) is 1. The van der Waals surface area contributed by atoms with Crippen LogP contribution in [-0.4, -0.2) is 18.0 Å². The first-order valence-corrected chi connectivity index (χ1v) is 6.75. The van der Waals surface area contributed by atoms with Crippen molar-refractivity contribution in [1.82, 2.24) is 10.3 Å². The molecule has 22 heavy (non-hydrogen) atoms. The van der Waals surface area contributed by atoms with Crippen LogP contribution < -0.4 is 11.1 Å². The Morgan fingerprint density at radius 1 is 1.41 bits per heavy atom. The van der Waals surface area contributed by atoms with Crippen LogP contribution >= 0.6 is 11.6 Å². The lowest BCUT2D eigenvalue weighted by molar-refractivity contribution is 0.00316. The zero-order valence-corrected chi connectivity index (χ0v) is 12.3. The fourth-order valence-electron chi connectivity index (χ4n) is 2.70. The highest BCUT2D eigenvalue weighted by Crippen LogP contribution is 2.42. The number of methoxy groups -OCH3 is 1. The van der Waals surface area contributed by atoms with Crippen molar-refractivity contribution < 1.29 is 9.53 Å². The predicted octanol–water partition coefficient (Wildman–Crippen LogP) is 1.78. The molecule has 6 nitrogen and oxygen atoms in total. The van der Waals surface area contributed by atoms with Crippen molar-refractivity contribution in [3.63, 3.8) is 0 Å². The minimum Gasteiger partial charge on any atom is -0.383 e. The number of anilines is 1. The summed E-state index contributed by atoms with van der Waals surface area (Å²) in [6.07, 6.45) is 0. The molecule has 1 atom stereocenters. The normalized spacial score (nSPS) is 19.4. The Morgan fingerprint density at radius 3 is 2.68 bits per heavy atom. The van der Waals surface area contributed by atoms with Crippen LogP contribution in [0.5, 0.6) is 0 Å². The maximum atomic E-state index is 12.4. The number of pyridine rings is 1. The number of nitrogens with zero attached hydrogens (tertiary/aromatic N) is 2. The summed E-state index contributed by atoms with van der Waals surface area (Å²) in [6.45, 7) is 0. The zero-order chi connectivity index (χ0) is 15.9. The number of fused-ring (bicyclic) bond motifs is 1. The number of carbonyl (C=O) groups excluding carboxylic acids is 1. The van der Waals surface area contributed by atoms with Crippen molar-refractivity contribution in [2.45, 2.75) is 5.72 Å². The Hall–Kier alpha value is -2.62. The summed E-state index contributed by atoms with van der Waals surface area (Å²) in [5.74, 6) is -0.495. The number of nitriles is 1. The van der Waals surface area contributed by atoms with Crippen LogP contribution in [0, 0.1) is 11.3 Å². The van der Waals surface area contributed by atoms with E-state index in [1.807, 2.05) is 12.1 Å². The van der Waals surface area contributed by atoms with Crippen molar-refractivity contribution in [2.24, 2.45) is 0 Å². The molecule has 0 bridgehead atoms. The molecule has 0 saturated carbocycles. The van der Waals surface area contributed by atoms with E-state index in [0.29, 0.717) is 11.1 Å². The molecule has 3 rings (SSSR count). The summed E-state index contributed by atoms with van der Waals surface area (Å²) in [5.41, 5.74) is 5.63. The first-order valence-electron chi connectivity index (χ1n) is 6.38. The zero-order valence-electron chi connectivity index (χ0n) is 11.6. The van der Waals surface area contributed by atoms with Gasteiger partial charge in [0, 0.05) is 18.2 Å². The molecule has 110 valence electrons. The van der Waals surface area contributed by atoms with Crippen molar-refractivity contribution >= 4 is 23.3 Å². The van der Waals surface area contributed by atoms with Gasteiger partial charge in [0.05, 0.1) is 11.1 Å². The SMILES string of the molecule is COC1(c2ccccc2)NC(=O)c2c(N)nc(Cl)c(C#N)c21. The maximum absolute atomic E-state index is 12.4. The lowest BCUT2D eigenvalue weighted by atomic mass is 9.91. The molecule has 0 radical (unpaired) electrons. The molecular formula is C15H11ClN4O2. The van der Waals surface area contributed by atoms with E-state index >= 15 is 0 Å². The lowest BCUT2D eigenvalue weighted by Crippen LogP contribution is -2.42. The standard InChI is InChI=1S/C15H11ClN4O2/c1-22-15(8-5-3-2-4-6-8)11-9(7-17)12(16)19-13(18)10(11)14(21)20-15/h2-6H,1H3,(H2,18,19)(H,20,21). The first-order chi connectivity index (χ1) is 10.5. The first kappa shape index (κ1) is 14.3. The molecule has 1 aliphatic heterocycles. The van der Waals surface area contributed by atoms with Gasteiger partial charge < -0.3 is 15.8 Å². The second-order valence-corrected chi connectivity index (χ2v) is 5.09. The Bertz CT molecular complexity index is 817. The second-order valence-electron chi connectivity index (χ2n) is 4.73. The number of rotatable bonds is 2. The van der Waals surface area contributed by atoms with E-state index in [0.717, 1.165) is 0 Å². The van der Waals surface area contributed by atoms with E-state index in [4.69, 9.17) is 22.1 Å². The van der Waals surface area contributed by atoms with Crippen LogP contribution in [0.25, 0.3) is 0 Å². The number of nitrogen functional groups attached to an aromatic ring is 1. The Kier molecular flexibility index (Phi) is 3.24. The van der Waals surface area contributed by atoms with Crippen LogP contribution in [0.2, 0.25) is 5.15 Å². The molecule has 1 amide bonds. The van der Waals surface area contributed by atoms with Gasteiger partial charge in [-0.15, -0.1) is 0 Å². The average Bonchev–Trinajstić information content (AvgIpc) is 2.83. The van der Waals surface area contributed by atoms with Crippen LogP contribution in [0.4, 0.5) is 5.82 Å². The summed E-state index contributed by atoms with van der Waals surface area (Å²) < 4.78 is 5.61. The number of benzene rings is 1. The highest BCUT2D eigenvalue weighted by atomic mass is 35.5. The molecule has 0 spiro atoms.